The van der Waals surface area contributed by atoms with Gasteiger partial charge in [-0.2, -0.15) is 0 Å². The Kier molecular flexibility index (Phi) is 5.06. The van der Waals surface area contributed by atoms with Gasteiger partial charge in [0.15, 0.2) is 0 Å². The molecule has 1 aliphatic rings. The van der Waals surface area contributed by atoms with Crippen LogP contribution in [0.2, 0.25) is 0 Å². The first-order valence-corrected chi connectivity index (χ1v) is 9.16. The van der Waals surface area contributed by atoms with Gasteiger partial charge in [-0.3, -0.25) is 4.79 Å². The van der Waals surface area contributed by atoms with E-state index in [1.807, 2.05) is 13.0 Å². The maximum Gasteiger partial charge on any atom is 0.237 e. The average molecular weight is 325 g/mol. The van der Waals surface area contributed by atoms with E-state index in [1.165, 1.54) is 29.5 Å². The van der Waals surface area contributed by atoms with Crippen LogP contribution >= 0.6 is 11.8 Å². The molecule has 0 fully saturated rings. The molecule has 1 aliphatic carbocycles. The van der Waals surface area contributed by atoms with Gasteiger partial charge in [-0.05, 0) is 68.9 Å². The number of nitrogens with one attached hydrogen (secondary N) is 1. The van der Waals surface area contributed by atoms with Gasteiger partial charge in [-0.15, -0.1) is 11.8 Å². The first-order valence-electron chi connectivity index (χ1n) is 8.28. The van der Waals surface area contributed by atoms with Crippen molar-refractivity contribution in [1.29, 1.82) is 0 Å². The molecule has 120 valence electrons. The van der Waals surface area contributed by atoms with Gasteiger partial charge >= 0.3 is 0 Å². The molecule has 2 aromatic rings. The Morgan fingerprint density at radius 1 is 1.09 bits per heavy atom. The molecule has 0 saturated heterocycles. The van der Waals surface area contributed by atoms with Crippen molar-refractivity contribution in [3.05, 3.63) is 59.2 Å². The fraction of sp³-hybridized carbons (Fsp3) is 0.350. The lowest BCUT2D eigenvalue weighted by Crippen LogP contribution is -2.23. The second kappa shape index (κ2) is 7.22. The number of anilines is 1. The number of hydrogen-bond acceptors (Lipinski definition) is 2. The van der Waals surface area contributed by atoms with Gasteiger partial charge < -0.3 is 5.32 Å². The highest BCUT2D eigenvalue weighted by Gasteiger charge is 2.18. The summed E-state index contributed by atoms with van der Waals surface area (Å²) in [7, 11) is 0. The summed E-state index contributed by atoms with van der Waals surface area (Å²) in [5.41, 5.74) is 4.97. The minimum Gasteiger partial charge on any atom is -0.325 e. The highest BCUT2D eigenvalue weighted by molar-refractivity contribution is 8.00. The van der Waals surface area contributed by atoms with Gasteiger partial charge in [-0.25, -0.2) is 0 Å². The van der Waals surface area contributed by atoms with Crippen LogP contribution in [0, 0.1) is 6.92 Å². The van der Waals surface area contributed by atoms with Crippen LogP contribution in [-0.2, 0) is 17.6 Å². The van der Waals surface area contributed by atoms with Crippen molar-refractivity contribution in [3.8, 4) is 0 Å². The predicted octanol–water partition coefficient (Wildman–Crippen LogP) is 4.99. The summed E-state index contributed by atoms with van der Waals surface area (Å²) in [5, 5.41) is 3.03. The highest BCUT2D eigenvalue weighted by atomic mass is 32.2. The molecule has 2 aromatic carbocycles. The van der Waals surface area contributed by atoms with Gasteiger partial charge in [0.25, 0.3) is 0 Å². The number of fused-ring (bicyclic) bond motifs is 1. The van der Waals surface area contributed by atoms with Gasteiger partial charge in [-0.1, -0.05) is 29.8 Å². The molecule has 2 nitrogen and oxygen atoms in total. The Balaban J connectivity index is 1.68. The van der Waals surface area contributed by atoms with E-state index in [4.69, 9.17) is 0 Å². The van der Waals surface area contributed by atoms with Crippen LogP contribution < -0.4 is 5.32 Å². The lowest BCUT2D eigenvalue weighted by Gasteiger charge is -2.20. The number of hydrogen-bond donors (Lipinski definition) is 1. The summed E-state index contributed by atoms with van der Waals surface area (Å²) in [6.07, 6.45) is 4.68. The molecule has 1 N–H and O–H groups in total. The zero-order valence-corrected chi connectivity index (χ0v) is 14.6. The summed E-state index contributed by atoms with van der Waals surface area (Å²) in [5.74, 6) is 0.0783. The van der Waals surface area contributed by atoms with Crippen LogP contribution in [0.5, 0.6) is 0 Å². The van der Waals surface area contributed by atoms with E-state index in [1.54, 1.807) is 11.8 Å². The van der Waals surface area contributed by atoms with Crippen LogP contribution in [0.25, 0.3) is 0 Å². The van der Waals surface area contributed by atoms with Crippen molar-refractivity contribution in [2.75, 3.05) is 5.32 Å². The Hall–Kier alpha value is -1.74. The topological polar surface area (TPSA) is 29.1 Å². The smallest absolute Gasteiger partial charge is 0.237 e. The van der Waals surface area contributed by atoms with Crippen molar-refractivity contribution >= 4 is 23.4 Å². The average Bonchev–Trinajstić information content (AvgIpc) is 2.57. The lowest BCUT2D eigenvalue weighted by molar-refractivity contribution is -0.115. The Bertz CT molecular complexity index is 693. The fourth-order valence-electron chi connectivity index (χ4n) is 3.01. The zero-order valence-electron chi connectivity index (χ0n) is 13.8. The predicted molar refractivity (Wildman–Crippen MR) is 98.2 cm³/mol. The first-order chi connectivity index (χ1) is 11.1. The molecule has 3 heteroatoms. The zero-order chi connectivity index (χ0) is 16.2. The second-order valence-corrected chi connectivity index (χ2v) is 7.63. The van der Waals surface area contributed by atoms with Crippen LogP contribution in [0.4, 0.5) is 5.69 Å². The van der Waals surface area contributed by atoms with Gasteiger partial charge in [0.2, 0.25) is 5.91 Å². The van der Waals surface area contributed by atoms with Crippen LogP contribution in [0.15, 0.2) is 47.4 Å². The maximum absolute atomic E-state index is 12.5. The molecular weight excluding hydrogens is 302 g/mol. The Labute approximate surface area is 142 Å². The molecule has 0 spiro atoms. The van der Waals surface area contributed by atoms with Crippen LogP contribution in [-0.4, -0.2) is 11.2 Å². The number of amides is 1. The number of rotatable bonds is 4. The molecule has 1 amide bonds. The number of aryl methyl sites for hydroxylation is 2. The summed E-state index contributed by atoms with van der Waals surface area (Å²) < 4.78 is 0. The van der Waals surface area contributed by atoms with E-state index >= 15 is 0 Å². The molecule has 1 unspecified atom stereocenters. The van der Waals surface area contributed by atoms with Gasteiger partial charge in [0.05, 0.1) is 5.25 Å². The van der Waals surface area contributed by atoms with E-state index in [0.29, 0.717) is 0 Å². The summed E-state index contributed by atoms with van der Waals surface area (Å²) in [6, 6.07) is 14.6. The van der Waals surface area contributed by atoms with Crippen molar-refractivity contribution in [2.45, 2.75) is 49.7 Å². The van der Waals surface area contributed by atoms with E-state index in [0.717, 1.165) is 23.4 Å². The Morgan fingerprint density at radius 2 is 1.83 bits per heavy atom. The van der Waals surface area contributed by atoms with Crippen LogP contribution in [0.1, 0.15) is 36.5 Å². The number of thioether (sulfide) groups is 1. The van der Waals surface area contributed by atoms with Crippen molar-refractivity contribution in [2.24, 2.45) is 0 Å². The Morgan fingerprint density at radius 3 is 2.61 bits per heavy atom. The van der Waals surface area contributed by atoms with E-state index in [-0.39, 0.29) is 11.2 Å². The summed E-state index contributed by atoms with van der Waals surface area (Å²) >= 11 is 1.60. The monoisotopic (exact) mass is 325 g/mol. The molecule has 0 aliphatic heterocycles. The molecular formula is C20H23NOS. The molecule has 23 heavy (non-hydrogen) atoms. The van der Waals surface area contributed by atoms with Gasteiger partial charge in [0.1, 0.15) is 0 Å². The maximum atomic E-state index is 12.5. The quantitative estimate of drug-likeness (QED) is 0.802. The minimum atomic E-state index is -0.114. The summed E-state index contributed by atoms with van der Waals surface area (Å²) in [6.45, 7) is 4.04. The van der Waals surface area contributed by atoms with E-state index < -0.39 is 0 Å². The van der Waals surface area contributed by atoms with Crippen molar-refractivity contribution in [3.63, 3.8) is 0 Å². The molecule has 0 heterocycles. The standard InChI is InChI=1S/C20H23NOS/c1-14-10-12-17(13-11-14)23-15(2)20(22)21-19-9-5-7-16-6-3-4-8-18(16)19/h5,7,9-13,15H,3-4,6,8H2,1-2H3,(H,21,22). The number of carbonyl (C=O) groups excluding carboxylic acids is 1. The molecule has 0 radical (unpaired) electrons. The van der Waals surface area contributed by atoms with Crippen molar-refractivity contribution in [1.82, 2.24) is 0 Å². The minimum absolute atomic E-state index is 0.0783. The molecule has 1 atom stereocenters. The molecule has 0 bridgehead atoms. The molecule has 0 saturated carbocycles. The third-order valence-corrected chi connectivity index (χ3v) is 5.47. The molecule has 3 rings (SSSR count). The van der Waals surface area contributed by atoms with Gasteiger partial charge in [0, 0.05) is 10.6 Å². The third kappa shape index (κ3) is 3.97. The number of benzene rings is 2. The highest BCUT2D eigenvalue weighted by Crippen LogP contribution is 2.29. The SMILES string of the molecule is Cc1ccc(SC(C)C(=O)Nc2cccc3c2CCCC3)cc1. The van der Waals surface area contributed by atoms with E-state index in [9.17, 15) is 4.79 Å². The number of carbonyl (C=O) groups is 1. The van der Waals surface area contributed by atoms with E-state index in [2.05, 4.69) is 48.6 Å². The fourth-order valence-corrected chi connectivity index (χ4v) is 3.87. The first kappa shape index (κ1) is 16.1. The second-order valence-electron chi connectivity index (χ2n) is 6.21. The normalized spacial score (nSPS) is 14.9. The third-order valence-electron chi connectivity index (χ3n) is 4.36. The summed E-state index contributed by atoms with van der Waals surface area (Å²) in [4.78, 5) is 13.7. The van der Waals surface area contributed by atoms with Crippen molar-refractivity contribution < 1.29 is 4.79 Å². The largest absolute Gasteiger partial charge is 0.325 e. The lowest BCUT2D eigenvalue weighted by atomic mass is 9.90. The molecule has 0 aromatic heterocycles. The van der Waals surface area contributed by atoms with Crippen LogP contribution in [0.3, 0.4) is 0 Å².